The Labute approximate surface area is 116 Å². The summed E-state index contributed by atoms with van der Waals surface area (Å²) in [5.41, 5.74) is 5.53. The molecule has 0 unspecified atom stereocenters. The van der Waals surface area contributed by atoms with Gasteiger partial charge in [0.1, 0.15) is 11.6 Å². The number of nitrogens with one attached hydrogen (secondary N) is 1. The summed E-state index contributed by atoms with van der Waals surface area (Å²) in [6.45, 7) is 1.57. The zero-order valence-corrected chi connectivity index (χ0v) is 11.5. The number of carbonyl (C=O) groups excluding carboxylic acids is 2. The van der Waals surface area contributed by atoms with Crippen molar-refractivity contribution >= 4 is 34.2 Å². The molecule has 20 heavy (non-hydrogen) atoms. The highest BCUT2D eigenvalue weighted by Crippen LogP contribution is 2.14. The molecule has 2 aromatic heterocycles. The van der Waals surface area contributed by atoms with Crippen molar-refractivity contribution in [3.05, 3.63) is 10.7 Å². The van der Waals surface area contributed by atoms with Gasteiger partial charge in [0.25, 0.3) is 0 Å². The highest BCUT2D eigenvalue weighted by Gasteiger charge is 2.19. The number of ether oxygens (including phenoxy) is 1. The zero-order chi connectivity index (χ0) is 14.7. The number of methoxy groups -OCH3 is 1. The van der Waals surface area contributed by atoms with Gasteiger partial charge in [0.05, 0.1) is 7.11 Å². The van der Waals surface area contributed by atoms with E-state index in [0.717, 1.165) is 9.69 Å². The lowest BCUT2D eigenvalue weighted by Gasteiger charge is -2.02. The Kier molecular flexibility index (Phi) is 3.89. The van der Waals surface area contributed by atoms with Crippen LogP contribution < -0.4 is 11.1 Å². The van der Waals surface area contributed by atoms with Gasteiger partial charge in [-0.15, -0.1) is 15.3 Å². The number of carbonyl (C=O) groups is 2. The van der Waals surface area contributed by atoms with Crippen LogP contribution in [0, 0.1) is 6.92 Å². The van der Waals surface area contributed by atoms with Crippen molar-refractivity contribution in [3.8, 4) is 0 Å². The number of hydrogen-bond acceptors (Lipinski definition) is 9. The first-order chi connectivity index (χ1) is 9.51. The van der Waals surface area contributed by atoms with E-state index < -0.39 is 11.9 Å². The van der Waals surface area contributed by atoms with Crippen LogP contribution in [0.5, 0.6) is 0 Å². The third-order valence-electron chi connectivity index (χ3n) is 2.22. The maximum absolute atomic E-state index is 11.8. The molecule has 0 atom stereocenters. The number of anilines is 2. The lowest BCUT2D eigenvalue weighted by Crippen LogP contribution is -2.21. The summed E-state index contributed by atoms with van der Waals surface area (Å²) in [6.07, 6.45) is 0. The molecule has 0 bridgehead atoms. The summed E-state index contributed by atoms with van der Waals surface area (Å²) in [7, 11) is 1.20. The van der Waals surface area contributed by atoms with Crippen molar-refractivity contribution in [1.82, 2.24) is 25.2 Å². The molecule has 11 heteroatoms. The van der Waals surface area contributed by atoms with Gasteiger partial charge in [-0.1, -0.05) is 16.6 Å². The molecule has 3 N–H and O–H groups in total. The van der Waals surface area contributed by atoms with E-state index in [4.69, 9.17) is 5.73 Å². The number of rotatable bonds is 4. The summed E-state index contributed by atoms with van der Waals surface area (Å²) in [4.78, 5) is 23.1. The van der Waals surface area contributed by atoms with Gasteiger partial charge in [-0.2, -0.15) is 0 Å². The highest BCUT2D eigenvalue weighted by atomic mass is 32.1. The molecule has 0 fully saturated rings. The van der Waals surface area contributed by atoms with Crippen molar-refractivity contribution in [3.63, 3.8) is 0 Å². The largest absolute Gasteiger partial charge is 0.464 e. The van der Waals surface area contributed by atoms with Crippen LogP contribution >= 0.6 is 11.3 Å². The zero-order valence-electron chi connectivity index (χ0n) is 10.7. The molecule has 0 aliphatic rings. The van der Waals surface area contributed by atoms with Crippen molar-refractivity contribution in [2.75, 3.05) is 18.2 Å². The average molecular weight is 297 g/mol. The molecule has 0 aliphatic carbocycles. The number of nitrogens with zero attached hydrogens (tertiary/aromatic N) is 5. The van der Waals surface area contributed by atoms with Crippen LogP contribution in [-0.2, 0) is 16.1 Å². The van der Waals surface area contributed by atoms with Gasteiger partial charge in [-0.25, -0.2) is 9.48 Å². The Balaban J connectivity index is 2.05. The Bertz CT molecular complexity index is 650. The summed E-state index contributed by atoms with van der Waals surface area (Å²) in [6, 6.07) is 0. The van der Waals surface area contributed by atoms with Crippen LogP contribution in [0.3, 0.4) is 0 Å². The Morgan fingerprint density at radius 3 is 2.75 bits per heavy atom. The maximum atomic E-state index is 11.8. The maximum Gasteiger partial charge on any atom is 0.362 e. The molecule has 0 aliphatic heterocycles. The fourth-order valence-electron chi connectivity index (χ4n) is 1.32. The molecule has 0 aromatic carbocycles. The van der Waals surface area contributed by atoms with Gasteiger partial charge in [-0.3, -0.25) is 10.1 Å². The van der Waals surface area contributed by atoms with Crippen LogP contribution in [0.1, 0.15) is 15.5 Å². The SMILES string of the molecule is COC(=O)c1nnn(CC(=O)Nc2nnc(C)s2)c1N. The van der Waals surface area contributed by atoms with E-state index in [0.29, 0.717) is 5.13 Å². The lowest BCUT2D eigenvalue weighted by molar-refractivity contribution is -0.116. The minimum atomic E-state index is -0.714. The van der Waals surface area contributed by atoms with E-state index in [1.165, 1.54) is 18.4 Å². The minimum absolute atomic E-state index is 0.0413. The van der Waals surface area contributed by atoms with Crippen LogP contribution in [0.4, 0.5) is 10.9 Å². The first-order valence-electron chi connectivity index (χ1n) is 5.38. The van der Waals surface area contributed by atoms with Gasteiger partial charge in [-0.05, 0) is 6.92 Å². The first-order valence-corrected chi connectivity index (χ1v) is 6.20. The Morgan fingerprint density at radius 1 is 1.40 bits per heavy atom. The molecule has 2 rings (SSSR count). The molecule has 10 nitrogen and oxygen atoms in total. The number of hydrogen-bond donors (Lipinski definition) is 2. The Morgan fingerprint density at radius 2 is 2.15 bits per heavy atom. The number of aryl methyl sites for hydroxylation is 1. The molecular weight excluding hydrogens is 286 g/mol. The molecule has 2 heterocycles. The summed E-state index contributed by atoms with van der Waals surface area (Å²) in [5.74, 6) is -1.16. The number of nitrogens with two attached hydrogens (primary N) is 1. The molecule has 0 saturated heterocycles. The van der Waals surface area contributed by atoms with Gasteiger partial charge in [0.2, 0.25) is 16.7 Å². The monoisotopic (exact) mass is 297 g/mol. The van der Waals surface area contributed by atoms with Crippen LogP contribution in [0.25, 0.3) is 0 Å². The molecular formula is C9H11N7O3S. The van der Waals surface area contributed by atoms with E-state index in [2.05, 4.69) is 30.6 Å². The van der Waals surface area contributed by atoms with E-state index in [1.54, 1.807) is 6.92 Å². The molecule has 0 spiro atoms. The minimum Gasteiger partial charge on any atom is -0.464 e. The molecule has 106 valence electrons. The van der Waals surface area contributed by atoms with Crippen LogP contribution in [-0.4, -0.2) is 44.2 Å². The molecule has 2 aromatic rings. The third-order valence-corrected chi connectivity index (χ3v) is 2.97. The average Bonchev–Trinajstić information content (AvgIpc) is 2.96. The quantitative estimate of drug-likeness (QED) is 0.716. The fraction of sp³-hybridized carbons (Fsp3) is 0.333. The number of nitrogen functional groups attached to an aromatic ring is 1. The second kappa shape index (κ2) is 5.61. The summed E-state index contributed by atoms with van der Waals surface area (Å²) < 4.78 is 5.57. The standard InChI is InChI=1S/C9H11N7O3S/c1-4-12-14-9(20-4)11-5(17)3-16-7(10)6(13-15-16)8(18)19-2/h3,10H2,1-2H3,(H,11,14,17). The topological polar surface area (TPSA) is 138 Å². The van der Waals surface area contributed by atoms with E-state index in [-0.39, 0.29) is 18.1 Å². The predicted molar refractivity (Wildman–Crippen MR) is 69.0 cm³/mol. The third kappa shape index (κ3) is 2.88. The first kappa shape index (κ1) is 13.9. The van der Waals surface area contributed by atoms with Crippen molar-refractivity contribution in [2.24, 2.45) is 0 Å². The number of amides is 1. The summed E-state index contributed by atoms with van der Waals surface area (Å²) in [5, 5.41) is 18.3. The van der Waals surface area contributed by atoms with Gasteiger partial charge < -0.3 is 10.5 Å². The highest BCUT2D eigenvalue weighted by molar-refractivity contribution is 7.15. The van der Waals surface area contributed by atoms with Gasteiger partial charge in [0.15, 0.2) is 5.82 Å². The number of esters is 1. The second-order valence-electron chi connectivity index (χ2n) is 3.65. The van der Waals surface area contributed by atoms with E-state index in [1.807, 2.05) is 0 Å². The van der Waals surface area contributed by atoms with Gasteiger partial charge >= 0.3 is 5.97 Å². The summed E-state index contributed by atoms with van der Waals surface area (Å²) >= 11 is 1.24. The normalized spacial score (nSPS) is 10.3. The number of aromatic nitrogens is 5. The Hall–Kier alpha value is -2.56. The predicted octanol–water partition coefficient (Wildman–Crippen LogP) is -0.554. The fourth-order valence-corrected chi connectivity index (χ4v) is 1.93. The molecule has 0 radical (unpaired) electrons. The van der Waals surface area contributed by atoms with Crippen molar-refractivity contribution < 1.29 is 14.3 Å². The van der Waals surface area contributed by atoms with E-state index in [9.17, 15) is 9.59 Å². The van der Waals surface area contributed by atoms with Crippen molar-refractivity contribution in [2.45, 2.75) is 13.5 Å². The van der Waals surface area contributed by atoms with Crippen LogP contribution in [0.2, 0.25) is 0 Å². The van der Waals surface area contributed by atoms with Gasteiger partial charge in [0, 0.05) is 0 Å². The molecule has 1 amide bonds. The van der Waals surface area contributed by atoms with Crippen LogP contribution in [0.15, 0.2) is 0 Å². The van der Waals surface area contributed by atoms with Crippen molar-refractivity contribution in [1.29, 1.82) is 0 Å². The van der Waals surface area contributed by atoms with E-state index >= 15 is 0 Å². The lowest BCUT2D eigenvalue weighted by atomic mass is 10.4. The second-order valence-corrected chi connectivity index (χ2v) is 4.83. The molecule has 0 saturated carbocycles. The smallest absolute Gasteiger partial charge is 0.362 e.